The third-order valence-electron chi connectivity index (χ3n) is 6.18. The molecule has 0 saturated heterocycles. The van der Waals surface area contributed by atoms with Crippen molar-refractivity contribution < 1.29 is 27.3 Å². The average molecular weight is 652 g/mol. The number of aromatic hydroxyl groups is 2. The van der Waals surface area contributed by atoms with Gasteiger partial charge in [0.2, 0.25) is 10.3 Å². The van der Waals surface area contributed by atoms with Crippen molar-refractivity contribution in [3.63, 3.8) is 0 Å². The Morgan fingerprint density at radius 2 is 0.930 bits per heavy atom. The number of aromatic nitrogens is 2. The zero-order valence-electron chi connectivity index (χ0n) is 23.3. The molecule has 0 atom stereocenters. The molecule has 0 aliphatic carbocycles. The number of thiazole rings is 2. The summed E-state index contributed by atoms with van der Waals surface area (Å²) in [4.78, 5) is 17.6. The summed E-state index contributed by atoms with van der Waals surface area (Å²) in [7, 11) is 0. The normalized spacial score (nSPS) is 10.8. The number of benzene rings is 4. The van der Waals surface area contributed by atoms with Crippen molar-refractivity contribution in [2.24, 2.45) is 9.98 Å². The minimum Gasteiger partial charge on any atom is -0.507 e. The number of phenolic OH excluding ortho intramolecular Hbond substituents is 2. The van der Waals surface area contributed by atoms with E-state index < -0.39 is 0 Å². The van der Waals surface area contributed by atoms with Crippen LogP contribution in [0.5, 0.6) is 11.5 Å². The van der Waals surface area contributed by atoms with Gasteiger partial charge in [-0.05, 0) is 38.1 Å². The molecule has 2 aromatic heterocycles. The number of hydrogen-bond acceptors (Lipinski definition) is 8. The number of aliphatic imine (C=N–C) groups is 2. The number of para-hydroxylation sites is 2. The SMILES string of the molecule is Cc1ccc(-c2csc(N=Cc3ccccc3O)n2)cc1.Cc1ccc(-c2csc(N=Cc3ccccc3O)n2)cc1.[Cu]. The Bertz CT molecular complexity index is 1690. The van der Waals surface area contributed by atoms with Gasteiger partial charge in [-0.2, -0.15) is 0 Å². The van der Waals surface area contributed by atoms with Crippen molar-refractivity contribution in [3.05, 3.63) is 130 Å². The maximum absolute atomic E-state index is 9.69. The molecule has 6 rings (SSSR count). The average Bonchev–Trinajstić information content (AvgIpc) is 3.68. The summed E-state index contributed by atoms with van der Waals surface area (Å²) in [5.74, 6) is 0.438. The molecule has 0 unspecified atom stereocenters. The first kappa shape index (κ1) is 31.5. The molecule has 0 fully saturated rings. The van der Waals surface area contributed by atoms with Crippen molar-refractivity contribution in [2.45, 2.75) is 13.8 Å². The van der Waals surface area contributed by atoms with Crippen LogP contribution in [0.2, 0.25) is 0 Å². The number of aryl methyl sites for hydroxylation is 2. The van der Waals surface area contributed by atoms with E-state index in [4.69, 9.17) is 0 Å². The Labute approximate surface area is 269 Å². The van der Waals surface area contributed by atoms with Crippen LogP contribution in [-0.4, -0.2) is 32.6 Å². The van der Waals surface area contributed by atoms with Crippen LogP contribution >= 0.6 is 22.7 Å². The van der Waals surface area contributed by atoms with Gasteiger partial charge in [0.1, 0.15) is 11.5 Å². The van der Waals surface area contributed by atoms with Crippen LogP contribution in [0.4, 0.5) is 10.3 Å². The van der Waals surface area contributed by atoms with Gasteiger partial charge in [-0.15, -0.1) is 22.7 Å². The van der Waals surface area contributed by atoms with Gasteiger partial charge in [0.05, 0.1) is 11.4 Å². The Kier molecular flexibility index (Phi) is 11.1. The van der Waals surface area contributed by atoms with Crippen LogP contribution in [-0.2, 0) is 17.1 Å². The van der Waals surface area contributed by atoms with E-state index in [2.05, 4.69) is 82.3 Å². The van der Waals surface area contributed by atoms with E-state index in [1.54, 1.807) is 36.7 Å². The molecular formula is C34H28CuN4O2S2. The smallest absolute Gasteiger partial charge is 0.209 e. The van der Waals surface area contributed by atoms with Crippen LogP contribution in [0.25, 0.3) is 22.5 Å². The number of phenols is 2. The topological polar surface area (TPSA) is 91.0 Å². The summed E-state index contributed by atoms with van der Waals surface area (Å²) in [5.41, 5.74) is 7.84. The third-order valence-corrected chi connectivity index (χ3v) is 7.68. The number of rotatable bonds is 6. The fraction of sp³-hybridized carbons (Fsp3) is 0.0588. The summed E-state index contributed by atoms with van der Waals surface area (Å²) in [6, 6.07) is 30.7. The summed E-state index contributed by atoms with van der Waals surface area (Å²) in [6.45, 7) is 4.12. The predicted octanol–water partition coefficient (Wildman–Crippen LogP) is 9.15. The molecule has 0 aliphatic rings. The zero-order chi connectivity index (χ0) is 29.3. The molecular weight excluding hydrogens is 624 g/mol. The molecule has 6 nitrogen and oxygen atoms in total. The van der Waals surface area contributed by atoms with Crippen molar-refractivity contribution in [1.29, 1.82) is 0 Å². The first-order valence-electron chi connectivity index (χ1n) is 13.1. The van der Waals surface area contributed by atoms with E-state index in [-0.39, 0.29) is 28.6 Å². The van der Waals surface area contributed by atoms with Crippen molar-refractivity contribution in [3.8, 4) is 34.0 Å². The maximum atomic E-state index is 9.69. The fourth-order valence-corrected chi connectivity index (χ4v) is 5.14. The molecule has 0 amide bonds. The van der Waals surface area contributed by atoms with Gasteiger partial charge in [-0.25, -0.2) is 20.0 Å². The van der Waals surface area contributed by atoms with Gasteiger partial charge >= 0.3 is 0 Å². The summed E-state index contributed by atoms with van der Waals surface area (Å²) in [5, 5.41) is 24.7. The van der Waals surface area contributed by atoms with E-state index >= 15 is 0 Å². The number of nitrogens with zero attached hydrogens (tertiary/aromatic N) is 4. The molecule has 0 bridgehead atoms. The first-order valence-corrected chi connectivity index (χ1v) is 14.9. The molecule has 6 aromatic rings. The Balaban J connectivity index is 0.000000192. The molecule has 0 aliphatic heterocycles. The summed E-state index contributed by atoms with van der Waals surface area (Å²) < 4.78 is 0. The second-order valence-electron chi connectivity index (χ2n) is 9.40. The van der Waals surface area contributed by atoms with Crippen LogP contribution in [0.1, 0.15) is 22.3 Å². The Hall–Kier alpha value is -4.40. The third kappa shape index (κ3) is 8.80. The predicted molar refractivity (Wildman–Crippen MR) is 175 cm³/mol. The van der Waals surface area contributed by atoms with E-state index in [9.17, 15) is 10.2 Å². The maximum Gasteiger partial charge on any atom is 0.209 e. The van der Waals surface area contributed by atoms with E-state index in [1.165, 1.54) is 33.8 Å². The minimum absolute atomic E-state index is 0. The van der Waals surface area contributed by atoms with E-state index in [1.807, 2.05) is 35.0 Å². The fourth-order valence-electron chi connectivity index (χ4n) is 3.80. The van der Waals surface area contributed by atoms with Crippen molar-refractivity contribution in [1.82, 2.24) is 9.97 Å². The second-order valence-corrected chi connectivity index (χ2v) is 11.1. The van der Waals surface area contributed by atoms with Gasteiger partial charge in [0.15, 0.2) is 0 Å². The summed E-state index contributed by atoms with van der Waals surface area (Å²) in [6.07, 6.45) is 3.26. The van der Waals surface area contributed by atoms with Crippen LogP contribution in [0, 0.1) is 13.8 Å². The van der Waals surface area contributed by atoms with Gasteiger partial charge in [-0.3, -0.25) is 0 Å². The molecule has 1 radical (unpaired) electrons. The molecule has 9 heteroatoms. The van der Waals surface area contributed by atoms with Crippen molar-refractivity contribution in [2.75, 3.05) is 0 Å². The monoisotopic (exact) mass is 651 g/mol. The van der Waals surface area contributed by atoms with Gasteiger partial charge < -0.3 is 10.2 Å². The molecule has 2 heterocycles. The van der Waals surface area contributed by atoms with Gasteiger partial charge in [0.25, 0.3) is 0 Å². The number of hydrogen-bond donors (Lipinski definition) is 2. The second kappa shape index (κ2) is 15.2. The zero-order valence-corrected chi connectivity index (χ0v) is 25.9. The molecule has 219 valence electrons. The van der Waals surface area contributed by atoms with Crippen LogP contribution in [0.15, 0.2) is 118 Å². The Morgan fingerprint density at radius 1 is 0.558 bits per heavy atom. The van der Waals surface area contributed by atoms with Crippen molar-refractivity contribution >= 4 is 45.4 Å². The van der Waals surface area contributed by atoms with Gasteiger partial charge in [0, 0.05) is 62.5 Å². The molecule has 0 saturated carbocycles. The molecule has 2 N–H and O–H groups in total. The molecule has 0 spiro atoms. The standard InChI is InChI=1S/2C17H14N2OS.Cu/c2*1-12-6-8-13(9-7-12)15-11-21-17(19-15)18-10-14-4-2-3-5-16(14)20;/h2*2-11,20H,1H3;. The molecule has 43 heavy (non-hydrogen) atoms. The molecule has 4 aromatic carbocycles. The Morgan fingerprint density at radius 3 is 1.30 bits per heavy atom. The summed E-state index contributed by atoms with van der Waals surface area (Å²) >= 11 is 2.97. The van der Waals surface area contributed by atoms with Gasteiger partial charge in [-0.1, -0.05) is 83.9 Å². The van der Waals surface area contributed by atoms with Crippen LogP contribution < -0.4 is 0 Å². The minimum atomic E-state index is 0. The largest absolute Gasteiger partial charge is 0.507 e. The first-order chi connectivity index (χ1) is 20.4. The van der Waals surface area contributed by atoms with E-state index in [0.29, 0.717) is 21.4 Å². The van der Waals surface area contributed by atoms with Crippen LogP contribution in [0.3, 0.4) is 0 Å². The quantitative estimate of drug-likeness (QED) is 0.139. The van der Waals surface area contributed by atoms with E-state index in [0.717, 1.165) is 22.5 Å².